The molecule has 12 nitrogen and oxygen atoms in total. The highest BCUT2D eigenvalue weighted by molar-refractivity contribution is 5.67. The van der Waals surface area contributed by atoms with E-state index in [4.69, 9.17) is 19.2 Å². The van der Waals surface area contributed by atoms with Crippen LogP contribution < -0.4 is 10.6 Å². The number of alkyl carbamates (subject to hydrolysis) is 1. The van der Waals surface area contributed by atoms with E-state index in [0.717, 1.165) is 30.9 Å². The Morgan fingerprint density at radius 1 is 1.42 bits per heavy atom. The maximum atomic E-state index is 15.0. The minimum atomic E-state index is -1.53. The zero-order valence-corrected chi connectivity index (χ0v) is 20.5. The zero-order chi connectivity index (χ0) is 25.2. The van der Waals surface area contributed by atoms with Crippen LogP contribution in [0.2, 0.25) is 0 Å². The highest BCUT2D eigenvalue weighted by Crippen LogP contribution is 2.33. The Hall–Kier alpha value is -3.29. The van der Waals surface area contributed by atoms with Gasteiger partial charge in [-0.1, -0.05) is 0 Å². The number of rotatable bonds is 9. The smallest absolute Gasteiger partial charge is 0.407 e. The summed E-state index contributed by atoms with van der Waals surface area (Å²) in [7, 11) is 1.72. The highest BCUT2D eigenvalue weighted by Gasteiger charge is 2.42. The first kappa shape index (κ1) is 24.4. The maximum absolute atomic E-state index is 15.0. The lowest BCUT2D eigenvalue weighted by Gasteiger charge is -2.40. The molecule has 13 heteroatoms. The van der Waals surface area contributed by atoms with Gasteiger partial charge in [-0.05, 0) is 26.3 Å². The van der Waals surface area contributed by atoms with Crippen LogP contribution in [0.5, 0.6) is 0 Å². The van der Waals surface area contributed by atoms with Crippen LogP contribution in [-0.2, 0) is 20.8 Å². The fraction of sp³-hybridized carbons (Fsp3) is 0.565. The molecule has 4 atom stereocenters. The first-order chi connectivity index (χ1) is 17.4. The number of aromatic nitrogens is 5. The van der Waals surface area contributed by atoms with Crippen LogP contribution in [-0.4, -0.2) is 86.8 Å². The number of hydrogen-bond acceptors (Lipinski definition) is 9. The first-order valence-corrected chi connectivity index (χ1v) is 12.0. The Kier molecular flexibility index (Phi) is 7.03. The van der Waals surface area contributed by atoms with Gasteiger partial charge in [-0.3, -0.25) is 14.4 Å². The van der Waals surface area contributed by atoms with Gasteiger partial charge in [0.15, 0.2) is 18.1 Å². The fourth-order valence-electron chi connectivity index (χ4n) is 4.44. The number of anilines is 2. The number of methoxy groups -OCH3 is 1. The van der Waals surface area contributed by atoms with Crippen molar-refractivity contribution in [2.75, 3.05) is 32.2 Å². The van der Waals surface area contributed by atoms with E-state index in [1.165, 1.54) is 0 Å². The van der Waals surface area contributed by atoms with E-state index in [0.29, 0.717) is 30.1 Å². The van der Waals surface area contributed by atoms with E-state index in [1.807, 2.05) is 16.7 Å². The first-order valence-electron chi connectivity index (χ1n) is 12.0. The van der Waals surface area contributed by atoms with E-state index >= 15 is 0 Å². The van der Waals surface area contributed by atoms with Crippen LogP contribution in [0, 0.1) is 0 Å². The zero-order valence-electron chi connectivity index (χ0n) is 20.5. The molecule has 5 heterocycles. The maximum Gasteiger partial charge on any atom is 0.407 e. The highest BCUT2D eigenvalue weighted by atomic mass is 19.1. The Morgan fingerprint density at radius 2 is 2.28 bits per heavy atom. The normalized spacial score (nSPS) is 24.2. The largest absolute Gasteiger partial charge is 0.441 e. The monoisotopic (exact) mass is 502 g/mol. The van der Waals surface area contributed by atoms with Crippen molar-refractivity contribution in [3.05, 3.63) is 35.9 Å². The summed E-state index contributed by atoms with van der Waals surface area (Å²) in [4.78, 5) is 23.3. The van der Waals surface area contributed by atoms with Crippen LogP contribution in [0.3, 0.4) is 0 Å². The summed E-state index contributed by atoms with van der Waals surface area (Å²) < 4.78 is 32.8. The van der Waals surface area contributed by atoms with Crippen LogP contribution in [0.15, 0.2) is 24.5 Å². The lowest BCUT2D eigenvalue weighted by Crippen LogP contribution is -2.49. The molecule has 3 N–H and O–H groups in total. The van der Waals surface area contributed by atoms with Crippen molar-refractivity contribution in [3.8, 4) is 0 Å². The summed E-state index contributed by atoms with van der Waals surface area (Å²) in [5.74, 6) is 0.970. The molecule has 2 aliphatic heterocycles. The van der Waals surface area contributed by atoms with Crippen molar-refractivity contribution < 1.29 is 23.4 Å². The predicted molar refractivity (Wildman–Crippen MR) is 128 cm³/mol. The molecule has 0 spiro atoms. The molecular formula is C23H31FN8O4. The van der Waals surface area contributed by atoms with Crippen LogP contribution in [0.1, 0.15) is 37.8 Å². The number of H-pyrrole nitrogens is 1. The van der Waals surface area contributed by atoms with E-state index in [2.05, 4.69) is 30.7 Å². The third-order valence-electron chi connectivity index (χ3n) is 6.32. The van der Waals surface area contributed by atoms with Gasteiger partial charge in [0, 0.05) is 50.7 Å². The van der Waals surface area contributed by atoms with Gasteiger partial charge in [-0.25, -0.2) is 19.2 Å². The second kappa shape index (κ2) is 10.4. The molecule has 2 saturated heterocycles. The number of ether oxygens (including phenoxy) is 3. The van der Waals surface area contributed by atoms with E-state index < -0.39 is 24.5 Å². The van der Waals surface area contributed by atoms with E-state index in [1.54, 1.807) is 33.2 Å². The molecule has 0 aromatic carbocycles. The summed E-state index contributed by atoms with van der Waals surface area (Å²) in [6.45, 7) is 6.02. The molecule has 194 valence electrons. The Bertz CT molecular complexity index is 1200. The second-order valence-corrected chi connectivity index (χ2v) is 9.37. The number of amides is 1. The summed E-state index contributed by atoms with van der Waals surface area (Å²) in [5, 5.41) is 12.8. The van der Waals surface area contributed by atoms with E-state index in [-0.39, 0.29) is 12.6 Å². The molecule has 36 heavy (non-hydrogen) atoms. The molecule has 3 aromatic rings. The van der Waals surface area contributed by atoms with Gasteiger partial charge in [-0.15, -0.1) is 0 Å². The minimum Gasteiger partial charge on any atom is -0.441 e. The Morgan fingerprint density at radius 3 is 3.03 bits per heavy atom. The van der Waals surface area contributed by atoms with Crippen molar-refractivity contribution in [1.29, 1.82) is 0 Å². The average molecular weight is 503 g/mol. The molecule has 2 fully saturated rings. The van der Waals surface area contributed by atoms with Crippen LogP contribution in [0.25, 0.3) is 5.65 Å². The van der Waals surface area contributed by atoms with Crippen molar-refractivity contribution in [3.63, 3.8) is 0 Å². The van der Waals surface area contributed by atoms with Gasteiger partial charge in [0.2, 0.25) is 5.95 Å². The van der Waals surface area contributed by atoms with Gasteiger partial charge in [0.05, 0.1) is 24.6 Å². The predicted octanol–water partition coefficient (Wildman–Crippen LogP) is 2.33. The molecule has 5 rings (SSSR count). The van der Waals surface area contributed by atoms with Gasteiger partial charge >= 0.3 is 6.09 Å². The molecule has 2 aliphatic rings. The number of fused-ring (bicyclic) bond motifs is 1. The van der Waals surface area contributed by atoms with Crippen molar-refractivity contribution in [1.82, 2.24) is 34.8 Å². The molecule has 1 unspecified atom stereocenters. The van der Waals surface area contributed by atoms with Gasteiger partial charge in [0.25, 0.3) is 0 Å². The quantitative estimate of drug-likeness (QED) is 0.403. The molecule has 0 saturated carbocycles. The molecular weight excluding hydrogens is 471 g/mol. The molecule has 0 radical (unpaired) electrons. The van der Waals surface area contributed by atoms with Crippen molar-refractivity contribution >= 4 is 23.5 Å². The van der Waals surface area contributed by atoms with Gasteiger partial charge in [0.1, 0.15) is 11.8 Å². The minimum absolute atomic E-state index is 0.0416. The number of halogens is 1. The summed E-state index contributed by atoms with van der Waals surface area (Å²) in [5.41, 5.74) is 2.12. The molecule has 0 aliphatic carbocycles. The van der Waals surface area contributed by atoms with E-state index in [9.17, 15) is 9.18 Å². The van der Waals surface area contributed by atoms with Crippen molar-refractivity contribution in [2.45, 2.75) is 57.3 Å². The third kappa shape index (κ3) is 5.13. The topological polar surface area (TPSA) is 131 Å². The Balaban J connectivity index is 1.24. The number of likely N-dealkylation sites (tertiary alicyclic amines) is 1. The number of nitrogens with one attached hydrogen (secondary N) is 3. The number of nitrogens with zero attached hydrogens (tertiary/aromatic N) is 5. The fourth-order valence-corrected chi connectivity index (χ4v) is 4.44. The molecule has 1 amide bonds. The standard InChI is InChI=1S/C23H31FN8O4/c1-13(2)26-23(33)36-17-12-35-21(20(17)24)16-8-18(30-29-16)28-22-25-6-4-19-27-14(10-32(19)22)9-31-7-5-15(31)11-34-3/h4,6,8,10,13,15,17,20-21H,5,7,9,11-12H2,1-3H3,(H,26,33)(H2,25,28,29,30)/t15?,17-,20+,21-/m1/s1. The lowest BCUT2D eigenvalue weighted by atomic mass is 10.0. The summed E-state index contributed by atoms with van der Waals surface area (Å²) in [6, 6.07) is 3.80. The summed E-state index contributed by atoms with van der Waals surface area (Å²) in [6.07, 6.45) is 0.616. The number of carbonyl (C=O) groups is 1. The second-order valence-electron chi connectivity index (χ2n) is 9.37. The van der Waals surface area contributed by atoms with Crippen LogP contribution >= 0.6 is 0 Å². The number of alkyl halides is 1. The van der Waals surface area contributed by atoms with Gasteiger partial charge < -0.3 is 24.8 Å². The SMILES string of the molecule is COCC1CCN1Cc1cn2c(Nc3cc([C@H]4OC[C@@H](OC(=O)NC(C)C)[C@@H]4F)[nH]n3)nccc2n1. The average Bonchev–Trinajstić information content (AvgIpc) is 3.54. The molecule has 0 bridgehead atoms. The van der Waals surface area contributed by atoms with Crippen LogP contribution in [0.4, 0.5) is 21.0 Å². The number of carbonyl (C=O) groups excluding carboxylic acids is 1. The Labute approximate surface area is 207 Å². The molecule has 3 aromatic heterocycles. The third-order valence-corrected chi connectivity index (χ3v) is 6.32. The number of aromatic amines is 1. The summed E-state index contributed by atoms with van der Waals surface area (Å²) >= 11 is 0. The number of hydrogen-bond donors (Lipinski definition) is 3. The van der Waals surface area contributed by atoms with Gasteiger partial charge in [-0.2, -0.15) is 5.10 Å². The number of imidazole rings is 1. The lowest BCUT2D eigenvalue weighted by molar-refractivity contribution is 0.0171. The van der Waals surface area contributed by atoms with Crippen molar-refractivity contribution in [2.24, 2.45) is 0 Å².